The van der Waals surface area contributed by atoms with Crippen molar-refractivity contribution in [3.05, 3.63) is 169 Å². The largest absolute Gasteiger partial charge is 0.456 e. The molecule has 9 aromatic rings. The number of furan rings is 1. The molecule has 3 nitrogen and oxygen atoms in total. The number of nitrogens with zero attached hydrogens (tertiary/aromatic N) is 2. The lowest BCUT2D eigenvalue weighted by Crippen LogP contribution is -2.44. The molecule has 0 aliphatic heterocycles. The average Bonchev–Trinajstić information content (AvgIpc) is 3.93. The Labute approximate surface area is 340 Å². The van der Waals surface area contributed by atoms with Crippen LogP contribution in [0.2, 0.25) is 0 Å². The summed E-state index contributed by atoms with van der Waals surface area (Å²) in [4.78, 5) is 2.51. The van der Waals surface area contributed by atoms with Crippen molar-refractivity contribution in [2.45, 2.75) is 69.6 Å². The van der Waals surface area contributed by atoms with Crippen molar-refractivity contribution in [1.82, 2.24) is 4.57 Å². The summed E-state index contributed by atoms with van der Waals surface area (Å²) in [6.07, 6.45) is 13.4. The molecule has 7 aromatic carbocycles. The Bertz CT molecular complexity index is 2970. The number of benzene rings is 7. The van der Waals surface area contributed by atoms with Crippen molar-refractivity contribution in [3.8, 4) is 16.8 Å². The molecule has 3 heteroatoms. The molecule has 3 aliphatic carbocycles. The van der Waals surface area contributed by atoms with Gasteiger partial charge in [0.05, 0.1) is 11.0 Å². The van der Waals surface area contributed by atoms with Gasteiger partial charge in [-0.1, -0.05) is 123 Å². The predicted octanol–water partition coefficient (Wildman–Crippen LogP) is 15.6. The van der Waals surface area contributed by atoms with Gasteiger partial charge in [-0.25, -0.2) is 0 Å². The summed E-state index contributed by atoms with van der Waals surface area (Å²) in [6.45, 7) is 0. The minimum absolute atomic E-state index is 0.0319. The van der Waals surface area contributed by atoms with Gasteiger partial charge in [-0.3, -0.25) is 0 Å². The zero-order chi connectivity index (χ0) is 38.2. The molecule has 2 saturated carbocycles. The van der Waals surface area contributed by atoms with Crippen molar-refractivity contribution >= 4 is 60.8 Å². The molecule has 2 fully saturated rings. The molecule has 0 atom stereocenters. The Kier molecular flexibility index (Phi) is 7.93. The zero-order valence-corrected chi connectivity index (χ0v) is 33.0. The number of hydrogen-bond acceptors (Lipinski definition) is 2. The molecule has 3 aliphatic rings. The molecule has 0 radical (unpaired) electrons. The van der Waals surface area contributed by atoms with E-state index >= 15 is 0 Å². The SMILES string of the molecule is c1ccc(-n2c3ccccc3c3cc(N(c4ccc5c(c4)C(C4CCCCC4)(C4CCCCC4)c4ccccc4-5)c4ccc5c(c4)oc4ccccc45)ccc32)cc1. The molecule has 12 rings (SSSR count). The summed E-state index contributed by atoms with van der Waals surface area (Å²) in [5.74, 6) is 1.31. The number of rotatable bonds is 6. The summed E-state index contributed by atoms with van der Waals surface area (Å²) in [5.41, 5.74) is 15.0. The number of anilines is 3. The van der Waals surface area contributed by atoms with Crippen molar-refractivity contribution in [3.63, 3.8) is 0 Å². The van der Waals surface area contributed by atoms with Crippen LogP contribution in [0.25, 0.3) is 60.6 Å². The van der Waals surface area contributed by atoms with Crippen LogP contribution in [0.15, 0.2) is 162 Å². The van der Waals surface area contributed by atoms with Crippen LogP contribution in [0.3, 0.4) is 0 Å². The maximum atomic E-state index is 6.57. The summed E-state index contributed by atoms with van der Waals surface area (Å²) in [5, 5.41) is 4.82. The molecule has 0 unspecified atom stereocenters. The van der Waals surface area contributed by atoms with E-state index in [1.807, 2.05) is 0 Å². The van der Waals surface area contributed by atoms with E-state index in [9.17, 15) is 0 Å². The predicted molar refractivity (Wildman–Crippen MR) is 242 cm³/mol. The lowest BCUT2D eigenvalue weighted by Gasteiger charge is -2.49. The highest BCUT2D eigenvalue weighted by molar-refractivity contribution is 6.11. The molecule has 0 amide bonds. The van der Waals surface area contributed by atoms with E-state index in [1.54, 1.807) is 11.1 Å². The molecule has 0 N–H and O–H groups in total. The highest BCUT2D eigenvalue weighted by atomic mass is 16.3. The minimum Gasteiger partial charge on any atom is -0.456 e. The third-order valence-electron chi connectivity index (χ3n) is 14.4. The maximum absolute atomic E-state index is 6.57. The van der Waals surface area contributed by atoms with Gasteiger partial charge in [0.25, 0.3) is 0 Å². The monoisotopic (exact) mass is 752 g/mol. The van der Waals surface area contributed by atoms with E-state index in [-0.39, 0.29) is 5.41 Å². The van der Waals surface area contributed by atoms with Gasteiger partial charge in [-0.05, 0) is 127 Å². The average molecular weight is 753 g/mol. The van der Waals surface area contributed by atoms with Crippen LogP contribution < -0.4 is 4.90 Å². The number of fused-ring (bicyclic) bond motifs is 9. The van der Waals surface area contributed by atoms with Crippen LogP contribution in [-0.4, -0.2) is 4.57 Å². The molecule has 284 valence electrons. The second-order valence-electron chi connectivity index (χ2n) is 17.3. The Morgan fingerprint density at radius 2 is 1.02 bits per heavy atom. The van der Waals surface area contributed by atoms with Crippen LogP contribution in [0.1, 0.15) is 75.3 Å². The summed E-state index contributed by atoms with van der Waals surface area (Å²) < 4.78 is 8.98. The fraction of sp³-hybridized carbons (Fsp3) is 0.236. The van der Waals surface area contributed by atoms with Gasteiger partial charge < -0.3 is 13.9 Å². The van der Waals surface area contributed by atoms with Gasteiger partial charge in [0.2, 0.25) is 0 Å². The first-order valence-corrected chi connectivity index (χ1v) is 21.8. The normalized spacial score (nSPS) is 17.0. The first-order chi connectivity index (χ1) is 28.8. The Morgan fingerprint density at radius 1 is 0.431 bits per heavy atom. The van der Waals surface area contributed by atoms with Gasteiger partial charge in [-0.15, -0.1) is 0 Å². The van der Waals surface area contributed by atoms with Crippen molar-refractivity contribution in [2.24, 2.45) is 11.8 Å². The molecular formula is C55H48N2O. The maximum Gasteiger partial charge on any atom is 0.137 e. The standard InChI is InChI=1S/C55H48N2O/c1-4-16-37(17-5-1)55(38-18-6-2-7-19-38)49-25-13-10-22-43(49)44-31-28-41(35-50(44)55)56(42-29-32-47-46-24-12-15-27-53(46)58-54(47)36-42)40-30-33-52-48(34-40)45-23-11-14-26-51(45)57(52)39-20-8-3-9-21-39/h3,8-15,20-38H,1-2,4-7,16-19H2. The van der Waals surface area contributed by atoms with E-state index in [1.165, 1.54) is 109 Å². The molecule has 2 aromatic heterocycles. The van der Waals surface area contributed by atoms with Crippen LogP contribution in [0.4, 0.5) is 17.1 Å². The third kappa shape index (κ3) is 5.05. The van der Waals surface area contributed by atoms with Crippen LogP contribution >= 0.6 is 0 Å². The Balaban J connectivity index is 1.11. The fourth-order valence-electron chi connectivity index (χ4n) is 12.1. The van der Waals surface area contributed by atoms with E-state index in [4.69, 9.17) is 4.42 Å². The smallest absolute Gasteiger partial charge is 0.137 e. The first-order valence-electron chi connectivity index (χ1n) is 21.8. The highest BCUT2D eigenvalue weighted by Crippen LogP contribution is 2.62. The van der Waals surface area contributed by atoms with Gasteiger partial charge in [-0.2, -0.15) is 0 Å². The lowest BCUT2D eigenvalue weighted by atomic mass is 9.55. The molecule has 0 saturated heterocycles. The number of para-hydroxylation sites is 3. The molecule has 0 spiro atoms. The molecule has 0 bridgehead atoms. The second kappa shape index (κ2) is 13.5. The number of aromatic nitrogens is 1. The van der Waals surface area contributed by atoms with Gasteiger partial charge in [0.1, 0.15) is 11.2 Å². The third-order valence-corrected chi connectivity index (χ3v) is 14.4. The Hall–Kier alpha value is -6.06. The molecular weight excluding hydrogens is 705 g/mol. The lowest BCUT2D eigenvalue weighted by molar-refractivity contribution is 0.137. The van der Waals surface area contributed by atoms with Crippen LogP contribution in [-0.2, 0) is 5.41 Å². The molecule has 2 heterocycles. The summed E-state index contributed by atoms with van der Waals surface area (Å²) >= 11 is 0. The van der Waals surface area contributed by atoms with Gasteiger partial charge in [0, 0.05) is 55.8 Å². The van der Waals surface area contributed by atoms with E-state index in [2.05, 4.69) is 167 Å². The highest BCUT2D eigenvalue weighted by Gasteiger charge is 2.53. The fourth-order valence-corrected chi connectivity index (χ4v) is 12.1. The van der Waals surface area contributed by atoms with Crippen LogP contribution in [0.5, 0.6) is 0 Å². The summed E-state index contributed by atoms with van der Waals surface area (Å²) in [6, 6.07) is 59.0. The van der Waals surface area contributed by atoms with Crippen LogP contribution in [0, 0.1) is 11.8 Å². The van der Waals surface area contributed by atoms with Crippen molar-refractivity contribution < 1.29 is 4.42 Å². The van der Waals surface area contributed by atoms with Crippen molar-refractivity contribution in [2.75, 3.05) is 4.90 Å². The molecule has 58 heavy (non-hydrogen) atoms. The minimum atomic E-state index is 0.0319. The van der Waals surface area contributed by atoms with E-state index < -0.39 is 0 Å². The zero-order valence-electron chi connectivity index (χ0n) is 33.0. The number of hydrogen-bond donors (Lipinski definition) is 0. The Morgan fingerprint density at radius 3 is 1.83 bits per heavy atom. The topological polar surface area (TPSA) is 21.3 Å². The van der Waals surface area contributed by atoms with E-state index in [0.29, 0.717) is 11.8 Å². The second-order valence-corrected chi connectivity index (χ2v) is 17.3. The van der Waals surface area contributed by atoms with Crippen molar-refractivity contribution in [1.29, 1.82) is 0 Å². The van der Waals surface area contributed by atoms with Gasteiger partial charge in [0.15, 0.2) is 0 Å². The van der Waals surface area contributed by atoms with E-state index in [0.717, 1.165) is 33.3 Å². The summed E-state index contributed by atoms with van der Waals surface area (Å²) in [7, 11) is 0. The van der Waals surface area contributed by atoms with Gasteiger partial charge >= 0.3 is 0 Å². The quantitative estimate of drug-likeness (QED) is 0.169. The first kappa shape index (κ1) is 34.0.